The van der Waals surface area contributed by atoms with E-state index in [0.29, 0.717) is 31.5 Å². The first-order valence-electron chi connectivity index (χ1n) is 13.2. The zero-order valence-electron chi connectivity index (χ0n) is 21.8. The summed E-state index contributed by atoms with van der Waals surface area (Å²) >= 11 is 0. The van der Waals surface area contributed by atoms with Gasteiger partial charge in [0, 0.05) is 75.7 Å². The fraction of sp³-hybridized carbons (Fsp3) is 0.704. The Balaban J connectivity index is 1.39. The Hall–Kier alpha value is -2.32. The molecule has 3 N–H and O–H groups in total. The Labute approximate surface area is 210 Å². The van der Waals surface area contributed by atoms with E-state index in [2.05, 4.69) is 50.0 Å². The molecule has 0 spiro atoms. The molecule has 8 heteroatoms. The van der Waals surface area contributed by atoms with Crippen molar-refractivity contribution < 1.29 is 14.3 Å². The highest BCUT2D eigenvalue weighted by Gasteiger charge is 2.40. The molecule has 1 unspecified atom stereocenters. The van der Waals surface area contributed by atoms with Gasteiger partial charge in [-0.2, -0.15) is 0 Å². The van der Waals surface area contributed by atoms with E-state index in [9.17, 15) is 9.59 Å². The van der Waals surface area contributed by atoms with Gasteiger partial charge in [-0.25, -0.2) is 4.79 Å². The molecule has 1 aromatic carbocycles. The Morgan fingerprint density at radius 3 is 2.69 bits per heavy atom. The Bertz CT molecular complexity index is 882. The van der Waals surface area contributed by atoms with Gasteiger partial charge in [0.1, 0.15) is 0 Å². The molecule has 2 fully saturated rings. The number of para-hydroxylation sites is 1. The van der Waals surface area contributed by atoms with E-state index in [1.807, 2.05) is 20.8 Å². The average molecular weight is 486 g/mol. The molecule has 0 radical (unpaired) electrons. The van der Waals surface area contributed by atoms with Gasteiger partial charge in [0.15, 0.2) is 0 Å². The quantitative estimate of drug-likeness (QED) is 0.469. The van der Waals surface area contributed by atoms with Crippen molar-refractivity contribution >= 4 is 17.6 Å². The molecular formula is C27H43N5O3. The number of carbonyl (C=O) groups is 2. The number of ether oxygens (including phenoxy) is 1. The number of piperidine rings is 1. The molecule has 2 aliphatic heterocycles. The molecular weight excluding hydrogens is 442 g/mol. The van der Waals surface area contributed by atoms with Crippen LogP contribution in [0, 0.1) is 5.92 Å². The molecule has 1 aromatic rings. The fourth-order valence-corrected chi connectivity index (χ4v) is 5.43. The van der Waals surface area contributed by atoms with Crippen molar-refractivity contribution in [2.24, 2.45) is 5.92 Å². The van der Waals surface area contributed by atoms with Crippen LogP contribution in [0.3, 0.4) is 0 Å². The third-order valence-corrected chi connectivity index (χ3v) is 7.15. The molecule has 3 amide bonds. The maximum atomic E-state index is 13.8. The summed E-state index contributed by atoms with van der Waals surface area (Å²) in [6.07, 6.45) is 3.85. The van der Waals surface area contributed by atoms with E-state index in [-0.39, 0.29) is 29.4 Å². The molecule has 0 bridgehead atoms. The molecule has 0 aromatic heterocycles. The standard InChI is InChI=1S/C27H43N5O3/c1-27(2,3)30-26(34)29-21-14-19(15-28-16-21)25(33)32(22-10-11-22)18-20-17-31(12-7-13-35-4)24-9-6-5-8-23(20)24/h5-6,8-9,19-22,28H,7,10-18H2,1-4H3,(H2,29,30,34)/t19-,20?,21+/m1/s1. The minimum atomic E-state index is -0.292. The van der Waals surface area contributed by atoms with Gasteiger partial charge in [-0.3, -0.25) is 4.79 Å². The summed E-state index contributed by atoms with van der Waals surface area (Å²) in [7, 11) is 1.75. The van der Waals surface area contributed by atoms with Crippen LogP contribution in [-0.4, -0.2) is 80.9 Å². The van der Waals surface area contributed by atoms with Crippen molar-refractivity contribution in [1.29, 1.82) is 0 Å². The van der Waals surface area contributed by atoms with Crippen molar-refractivity contribution in [3.63, 3.8) is 0 Å². The van der Waals surface area contributed by atoms with Gasteiger partial charge in [0.25, 0.3) is 0 Å². The first kappa shape index (κ1) is 25.8. The normalized spacial score (nSPS) is 24.1. The number of methoxy groups -OCH3 is 1. The topological polar surface area (TPSA) is 85.9 Å². The van der Waals surface area contributed by atoms with Gasteiger partial charge in [0.2, 0.25) is 5.91 Å². The van der Waals surface area contributed by atoms with E-state index in [4.69, 9.17) is 4.74 Å². The van der Waals surface area contributed by atoms with Crippen molar-refractivity contribution in [3.8, 4) is 0 Å². The van der Waals surface area contributed by atoms with Gasteiger partial charge in [0.05, 0.1) is 5.92 Å². The summed E-state index contributed by atoms with van der Waals surface area (Å²) in [6, 6.07) is 8.77. The smallest absolute Gasteiger partial charge is 0.315 e. The zero-order chi connectivity index (χ0) is 25.0. The highest BCUT2D eigenvalue weighted by Crippen LogP contribution is 2.39. The number of rotatable bonds is 9. The number of urea groups is 1. The van der Waals surface area contributed by atoms with Crippen LogP contribution in [0.15, 0.2) is 24.3 Å². The Kier molecular flexibility index (Phi) is 8.22. The highest BCUT2D eigenvalue weighted by molar-refractivity contribution is 5.80. The number of amides is 3. The van der Waals surface area contributed by atoms with Crippen LogP contribution in [0.2, 0.25) is 0 Å². The van der Waals surface area contributed by atoms with Crippen LogP contribution in [0.5, 0.6) is 0 Å². The van der Waals surface area contributed by atoms with E-state index in [1.165, 1.54) is 11.3 Å². The monoisotopic (exact) mass is 485 g/mol. The van der Waals surface area contributed by atoms with Gasteiger partial charge in [-0.15, -0.1) is 0 Å². The summed E-state index contributed by atoms with van der Waals surface area (Å²) in [5, 5.41) is 9.40. The van der Waals surface area contributed by atoms with E-state index < -0.39 is 0 Å². The lowest BCUT2D eigenvalue weighted by molar-refractivity contribution is -0.137. The lowest BCUT2D eigenvalue weighted by Gasteiger charge is -2.35. The number of carbonyl (C=O) groups excluding carboxylic acids is 2. The predicted octanol–water partition coefficient (Wildman–Crippen LogP) is 2.69. The van der Waals surface area contributed by atoms with Crippen LogP contribution in [-0.2, 0) is 9.53 Å². The number of benzene rings is 1. The number of fused-ring (bicyclic) bond motifs is 1. The summed E-state index contributed by atoms with van der Waals surface area (Å²) in [6.45, 7) is 10.7. The van der Waals surface area contributed by atoms with Crippen molar-refractivity contribution in [2.45, 2.75) is 70.0 Å². The van der Waals surface area contributed by atoms with Crippen LogP contribution in [0.25, 0.3) is 0 Å². The van der Waals surface area contributed by atoms with Gasteiger partial charge in [-0.1, -0.05) is 18.2 Å². The summed E-state index contributed by atoms with van der Waals surface area (Å²) in [5.74, 6) is 0.443. The Morgan fingerprint density at radius 2 is 1.97 bits per heavy atom. The molecule has 8 nitrogen and oxygen atoms in total. The maximum Gasteiger partial charge on any atom is 0.315 e. The number of hydrogen-bond donors (Lipinski definition) is 3. The lowest BCUT2D eigenvalue weighted by atomic mass is 9.93. The molecule has 35 heavy (non-hydrogen) atoms. The average Bonchev–Trinajstić information content (AvgIpc) is 3.59. The summed E-state index contributed by atoms with van der Waals surface area (Å²) < 4.78 is 5.26. The van der Waals surface area contributed by atoms with E-state index in [0.717, 1.165) is 45.5 Å². The largest absolute Gasteiger partial charge is 0.385 e. The lowest BCUT2D eigenvalue weighted by Crippen LogP contribution is -2.56. The molecule has 194 valence electrons. The second-order valence-corrected chi connectivity index (χ2v) is 11.4. The molecule has 1 aliphatic carbocycles. The van der Waals surface area contributed by atoms with Gasteiger partial charge < -0.3 is 30.5 Å². The molecule has 2 heterocycles. The van der Waals surface area contributed by atoms with Gasteiger partial charge >= 0.3 is 6.03 Å². The van der Waals surface area contributed by atoms with Crippen LogP contribution in [0.1, 0.15) is 57.9 Å². The zero-order valence-corrected chi connectivity index (χ0v) is 21.8. The van der Waals surface area contributed by atoms with Crippen LogP contribution < -0.4 is 20.9 Å². The number of anilines is 1. The maximum absolute atomic E-state index is 13.8. The third-order valence-electron chi connectivity index (χ3n) is 7.15. The number of nitrogens with one attached hydrogen (secondary N) is 3. The molecule has 3 aliphatic rings. The highest BCUT2D eigenvalue weighted by atomic mass is 16.5. The Morgan fingerprint density at radius 1 is 1.20 bits per heavy atom. The molecule has 4 rings (SSSR count). The minimum absolute atomic E-state index is 0.0513. The molecule has 3 atom stereocenters. The first-order chi connectivity index (χ1) is 16.7. The van der Waals surface area contributed by atoms with Crippen LogP contribution in [0.4, 0.5) is 10.5 Å². The number of hydrogen-bond acceptors (Lipinski definition) is 5. The fourth-order valence-electron chi connectivity index (χ4n) is 5.43. The second-order valence-electron chi connectivity index (χ2n) is 11.4. The summed E-state index contributed by atoms with van der Waals surface area (Å²) in [5.41, 5.74) is 2.35. The number of nitrogens with zero attached hydrogens (tertiary/aromatic N) is 2. The van der Waals surface area contributed by atoms with E-state index in [1.54, 1.807) is 7.11 Å². The summed E-state index contributed by atoms with van der Waals surface area (Å²) in [4.78, 5) is 30.7. The third kappa shape index (κ3) is 6.88. The SMILES string of the molecule is COCCCN1CC(CN(C(=O)[C@H]2CNC[C@@H](NC(=O)NC(C)(C)C)C2)C2CC2)c2ccccc21. The van der Waals surface area contributed by atoms with Crippen molar-refractivity contribution in [3.05, 3.63) is 29.8 Å². The van der Waals surface area contributed by atoms with E-state index >= 15 is 0 Å². The minimum Gasteiger partial charge on any atom is -0.385 e. The first-order valence-corrected chi connectivity index (χ1v) is 13.2. The molecule has 1 saturated carbocycles. The molecule has 1 saturated heterocycles. The van der Waals surface area contributed by atoms with Crippen molar-refractivity contribution in [2.75, 3.05) is 51.3 Å². The van der Waals surface area contributed by atoms with Crippen molar-refractivity contribution in [1.82, 2.24) is 20.9 Å². The van der Waals surface area contributed by atoms with Crippen LogP contribution >= 0.6 is 0 Å². The predicted molar refractivity (Wildman–Crippen MR) is 139 cm³/mol. The van der Waals surface area contributed by atoms with Gasteiger partial charge in [-0.05, 0) is 58.1 Å². The second kappa shape index (κ2) is 11.2.